The van der Waals surface area contributed by atoms with E-state index in [0.717, 1.165) is 19.3 Å². The number of hydrogen-bond donors (Lipinski definition) is 2. The van der Waals surface area contributed by atoms with E-state index in [-0.39, 0.29) is 25.6 Å². The molecule has 0 radical (unpaired) electrons. The fraction of sp³-hybridized carbons (Fsp3) is 0.818. The molecule has 0 aromatic carbocycles. The second-order valence-electron chi connectivity index (χ2n) is 7.61. The summed E-state index contributed by atoms with van der Waals surface area (Å²) in [6.45, 7) is 2.17. The number of carboxylic acids is 1. The van der Waals surface area contributed by atoms with Crippen LogP contribution in [0.25, 0.3) is 0 Å². The largest absolute Gasteiger partial charge is 0.526 e. The van der Waals surface area contributed by atoms with E-state index in [2.05, 4.69) is 16.0 Å². The van der Waals surface area contributed by atoms with Crippen molar-refractivity contribution in [2.24, 2.45) is 0 Å². The first-order valence-corrected chi connectivity index (χ1v) is 13.1. The number of rotatable bonds is 22. The summed E-state index contributed by atoms with van der Waals surface area (Å²) in [4.78, 5) is 31.2. The maximum atomic E-state index is 11.7. The van der Waals surface area contributed by atoms with Crippen LogP contribution in [0.3, 0.4) is 0 Å². The average Bonchev–Trinajstić information content (AvgIpc) is 2.70. The molecule has 0 heterocycles. The number of aliphatic carboxylic acids is 1. The molecule has 0 aliphatic heterocycles. The average molecular weight is 465 g/mol. The summed E-state index contributed by atoms with van der Waals surface area (Å²) >= 11 is 0. The van der Waals surface area contributed by atoms with Crippen LogP contribution in [-0.2, 0) is 27.9 Å². The van der Waals surface area contributed by atoms with Gasteiger partial charge in [0.05, 0.1) is 19.3 Å². The molecule has 31 heavy (non-hydrogen) atoms. The van der Waals surface area contributed by atoms with E-state index in [9.17, 15) is 19.0 Å². The summed E-state index contributed by atoms with van der Waals surface area (Å²) in [5.74, 6) is -1.59. The predicted molar refractivity (Wildman–Crippen MR) is 120 cm³/mol. The van der Waals surface area contributed by atoms with Gasteiger partial charge in [-0.15, -0.1) is 0 Å². The standard InChI is InChI=1S/C22H41O8P/c1-2-3-4-5-6-7-8-9-10-11-12-13-14-16-22(25)28-18-15-19-29-31(26,27)30-20-17-21(23)24/h17,20H,2-16,18-19H2,1H3,(H,23,24)(H,26,27)/b20-17-. The van der Waals surface area contributed by atoms with Crippen LogP contribution in [0, 0.1) is 0 Å². The van der Waals surface area contributed by atoms with Crippen LogP contribution in [0.15, 0.2) is 12.3 Å². The zero-order valence-corrected chi connectivity index (χ0v) is 19.9. The van der Waals surface area contributed by atoms with Crippen molar-refractivity contribution in [3.63, 3.8) is 0 Å². The van der Waals surface area contributed by atoms with E-state index < -0.39 is 13.8 Å². The molecule has 0 aliphatic rings. The Morgan fingerprint density at radius 2 is 1.32 bits per heavy atom. The second-order valence-corrected chi connectivity index (χ2v) is 9.02. The summed E-state index contributed by atoms with van der Waals surface area (Å²) < 4.78 is 25.4. The van der Waals surface area contributed by atoms with Gasteiger partial charge in [0.15, 0.2) is 0 Å². The number of phosphoric ester groups is 1. The van der Waals surface area contributed by atoms with E-state index in [1.807, 2.05) is 0 Å². The Morgan fingerprint density at radius 3 is 1.84 bits per heavy atom. The highest BCUT2D eigenvalue weighted by Crippen LogP contribution is 2.43. The number of ether oxygens (including phenoxy) is 1. The van der Waals surface area contributed by atoms with Crippen molar-refractivity contribution in [3.8, 4) is 0 Å². The van der Waals surface area contributed by atoms with E-state index in [0.29, 0.717) is 18.8 Å². The lowest BCUT2D eigenvalue weighted by molar-refractivity contribution is -0.144. The molecular weight excluding hydrogens is 423 g/mol. The van der Waals surface area contributed by atoms with Gasteiger partial charge < -0.3 is 14.4 Å². The first kappa shape index (κ1) is 29.6. The minimum Gasteiger partial charge on any atom is -0.478 e. The zero-order valence-electron chi connectivity index (χ0n) is 19.0. The van der Waals surface area contributed by atoms with Gasteiger partial charge in [0.25, 0.3) is 0 Å². The highest BCUT2D eigenvalue weighted by Gasteiger charge is 2.20. The highest BCUT2D eigenvalue weighted by atomic mass is 31.2. The molecule has 0 amide bonds. The van der Waals surface area contributed by atoms with E-state index in [1.165, 1.54) is 64.2 Å². The third kappa shape index (κ3) is 23.1. The van der Waals surface area contributed by atoms with Gasteiger partial charge in [-0.2, -0.15) is 0 Å². The summed E-state index contributed by atoms with van der Waals surface area (Å²) in [6.07, 6.45) is 18.0. The van der Waals surface area contributed by atoms with Crippen molar-refractivity contribution >= 4 is 19.8 Å². The molecule has 0 rings (SSSR count). The van der Waals surface area contributed by atoms with E-state index >= 15 is 0 Å². The fourth-order valence-corrected chi connectivity index (χ4v) is 3.62. The number of carbonyl (C=O) groups excluding carboxylic acids is 1. The minimum atomic E-state index is -4.35. The molecule has 8 nitrogen and oxygen atoms in total. The lowest BCUT2D eigenvalue weighted by Crippen LogP contribution is -2.07. The van der Waals surface area contributed by atoms with Gasteiger partial charge in [-0.1, -0.05) is 84.0 Å². The molecular formula is C22H41O8P. The van der Waals surface area contributed by atoms with E-state index in [4.69, 9.17) is 9.84 Å². The van der Waals surface area contributed by atoms with Gasteiger partial charge in [0.2, 0.25) is 0 Å². The van der Waals surface area contributed by atoms with Crippen LogP contribution in [0.4, 0.5) is 0 Å². The van der Waals surface area contributed by atoms with Gasteiger partial charge in [0, 0.05) is 12.8 Å². The number of hydrogen-bond acceptors (Lipinski definition) is 6. The third-order valence-electron chi connectivity index (χ3n) is 4.70. The summed E-state index contributed by atoms with van der Waals surface area (Å²) in [5, 5.41) is 8.35. The summed E-state index contributed by atoms with van der Waals surface area (Å²) in [6, 6.07) is 0. The molecule has 9 heteroatoms. The van der Waals surface area contributed by atoms with Gasteiger partial charge in [-0.05, 0) is 6.42 Å². The summed E-state index contributed by atoms with van der Waals surface area (Å²) in [7, 11) is -4.35. The number of carbonyl (C=O) groups is 2. The van der Waals surface area contributed by atoms with Crippen molar-refractivity contribution in [2.75, 3.05) is 13.2 Å². The predicted octanol–water partition coefficient (Wildman–Crippen LogP) is 6.13. The van der Waals surface area contributed by atoms with Crippen molar-refractivity contribution in [2.45, 2.75) is 103 Å². The minimum absolute atomic E-state index is 0.0856. The normalized spacial score (nSPS) is 13.2. The number of unbranched alkanes of at least 4 members (excludes halogenated alkanes) is 12. The Kier molecular flexibility index (Phi) is 19.6. The topological polar surface area (TPSA) is 119 Å². The zero-order chi connectivity index (χ0) is 23.2. The van der Waals surface area contributed by atoms with Crippen LogP contribution in [0.1, 0.15) is 103 Å². The van der Waals surface area contributed by atoms with Crippen LogP contribution >= 0.6 is 7.82 Å². The van der Waals surface area contributed by atoms with Crippen LogP contribution in [0.5, 0.6) is 0 Å². The smallest absolute Gasteiger partial charge is 0.478 e. The molecule has 0 aliphatic carbocycles. The van der Waals surface area contributed by atoms with Gasteiger partial charge in [-0.3, -0.25) is 14.2 Å². The molecule has 1 unspecified atom stereocenters. The molecule has 182 valence electrons. The Labute approximate surface area is 187 Å². The fourth-order valence-electron chi connectivity index (χ4n) is 2.98. The number of esters is 1. The SMILES string of the molecule is CCCCCCCCCCCCCCCC(=O)OCCCOP(=O)(O)O/C=C\C(=O)O. The third-order valence-corrected chi connectivity index (χ3v) is 5.59. The molecule has 0 spiro atoms. The number of carboxylic acid groups (broad SMARTS) is 1. The van der Waals surface area contributed by atoms with Gasteiger partial charge in [0.1, 0.15) is 6.26 Å². The maximum absolute atomic E-state index is 11.7. The van der Waals surface area contributed by atoms with Gasteiger partial charge in [-0.25, -0.2) is 9.36 Å². The highest BCUT2D eigenvalue weighted by molar-refractivity contribution is 7.47. The Morgan fingerprint density at radius 1 is 0.806 bits per heavy atom. The summed E-state index contributed by atoms with van der Waals surface area (Å²) in [5.41, 5.74) is 0. The van der Waals surface area contributed by atoms with Crippen molar-refractivity contribution in [3.05, 3.63) is 12.3 Å². The van der Waals surface area contributed by atoms with Crippen LogP contribution < -0.4 is 0 Å². The first-order valence-electron chi connectivity index (χ1n) is 11.6. The molecule has 2 N–H and O–H groups in total. The quantitative estimate of drug-likeness (QED) is 0.0645. The van der Waals surface area contributed by atoms with Crippen molar-refractivity contribution < 1.29 is 37.9 Å². The molecule has 0 bridgehead atoms. The second kappa shape index (κ2) is 20.5. The molecule has 0 fully saturated rings. The maximum Gasteiger partial charge on any atom is 0.526 e. The lowest BCUT2D eigenvalue weighted by atomic mass is 10.0. The molecule has 0 saturated carbocycles. The Hall–Kier alpha value is -1.37. The molecule has 0 aromatic heterocycles. The molecule has 0 saturated heterocycles. The molecule has 1 atom stereocenters. The van der Waals surface area contributed by atoms with E-state index in [1.54, 1.807) is 0 Å². The first-order chi connectivity index (χ1) is 14.9. The van der Waals surface area contributed by atoms with Crippen molar-refractivity contribution in [1.29, 1.82) is 0 Å². The van der Waals surface area contributed by atoms with Crippen LogP contribution in [0.2, 0.25) is 0 Å². The Bertz CT molecular complexity index is 536. The molecule has 0 aromatic rings. The van der Waals surface area contributed by atoms with Crippen LogP contribution in [-0.4, -0.2) is 35.2 Å². The van der Waals surface area contributed by atoms with Crippen molar-refractivity contribution in [1.82, 2.24) is 0 Å². The lowest BCUT2D eigenvalue weighted by Gasteiger charge is -2.10. The Balaban J connectivity index is 3.42. The number of phosphoric acid groups is 1. The van der Waals surface area contributed by atoms with Gasteiger partial charge >= 0.3 is 19.8 Å². The monoisotopic (exact) mass is 464 g/mol.